The summed E-state index contributed by atoms with van der Waals surface area (Å²) in [4.78, 5) is 23.6. The standard InChI is InChI=1S/C18H22N2O3/c21-16(20-23)6-5-13-3-1-2-4-15(13)19-17(22)14-7-9-18(10-8-14)11-12-18/h1-6,14,23H,7-12H2,(H,19,22)(H,20,21). The smallest absolute Gasteiger partial charge is 0.267 e. The lowest BCUT2D eigenvalue weighted by atomic mass is 9.79. The lowest BCUT2D eigenvalue weighted by molar-refractivity contribution is -0.124. The molecule has 2 aliphatic carbocycles. The minimum Gasteiger partial charge on any atom is -0.325 e. The van der Waals surface area contributed by atoms with Crippen LogP contribution in [0.5, 0.6) is 0 Å². The zero-order valence-electron chi connectivity index (χ0n) is 13.0. The van der Waals surface area contributed by atoms with Gasteiger partial charge in [0.15, 0.2) is 0 Å². The number of hydrogen-bond acceptors (Lipinski definition) is 3. The van der Waals surface area contributed by atoms with Crippen LogP contribution in [0.2, 0.25) is 0 Å². The van der Waals surface area contributed by atoms with Crippen LogP contribution in [-0.4, -0.2) is 17.0 Å². The number of hydroxylamine groups is 1. The van der Waals surface area contributed by atoms with Gasteiger partial charge in [-0.25, -0.2) is 5.48 Å². The predicted molar refractivity (Wildman–Crippen MR) is 87.7 cm³/mol. The Morgan fingerprint density at radius 1 is 1.13 bits per heavy atom. The number of anilines is 1. The third-order valence-corrected chi connectivity index (χ3v) is 5.12. The van der Waals surface area contributed by atoms with Crippen LogP contribution >= 0.6 is 0 Å². The maximum absolute atomic E-state index is 12.5. The van der Waals surface area contributed by atoms with Gasteiger partial charge in [0, 0.05) is 17.7 Å². The highest BCUT2D eigenvalue weighted by Gasteiger charge is 2.45. The lowest BCUT2D eigenvalue weighted by Gasteiger charge is -2.27. The summed E-state index contributed by atoms with van der Waals surface area (Å²) in [6.45, 7) is 0. The highest BCUT2D eigenvalue weighted by atomic mass is 16.5. The number of hydrogen-bond donors (Lipinski definition) is 3. The summed E-state index contributed by atoms with van der Waals surface area (Å²) < 4.78 is 0. The number of nitrogens with one attached hydrogen (secondary N) is 2. The van der Waals surface area contributed by atoms with Gasteiger partial charge in [0.05, 0.1) is 0 Å². The molecule has 0 bridgehead atoms. The second kappa shape index (κ2) is 6.54. The molecule has 122 valence electrons. The summed E-state index contributed by atoms with van der Waals surface area (Å²) in [5.41, 5.74) is 3.55. The first-order valence-corrected chi connectivity index (χ1v) is 8.14. The topological polar surface area (TPSA) is 78.4 Å². The third kappa shape index (κ3) is 3.79. The van der Waals surface area contributed by atoms with Gasteiger partial charge in [-0.3, -0.25) is 14.8 Å². The van der Waals surface area contributed by atoms with E-state index in [0.717, 1.165) is 18.4 Å². The molecule has 1 spiro atoms. The van der Waals surface area contributed by atoms with Crippen LogP contribution in [0.1, 0.15) is 44.1 Å². The molecule has 0 saturated heterocycles. The first-order chi connectivity index (χ1) is 11.1. The van der Waals surface area contributed by atoms with Crippen LogP contribution in [0.3, 0.4) is 0 Å². The van der Waals surface area contributed by atoms with E-state index < -0.39 is 5.91 Å². The summed E-state index contributed by atoms with van der Waals surface area (Å²) in [6, 6.07) is 7.32. The maximum atomic E-state index is 12.5. The first-order valence-electron chi connectivity index (χ1n) is 8.14. The highest BCUT2D eigenvalue weighted by molar-refractivity contribution is 5.96. The molecule has 1 aromatic carbocycles. The predicted octanol–water partition coefficient (Wildman–Crippen LogP) is 3.11. The second-order valence-corrected chi connectivity index (χ2v) is 6.66. The van der Waals surface area contributed by atoms with Crippen LogP contribution < -0.4 is 10.8 Å². The van der Waals surface area contributed by atoms with Gasteiger partial charge in [0.2, 0.25) is 5.91 Å². The summed E-state index contributed by atoms with van der Waals surface area (Å²) in [6.07, 6.45) is 9.74. The fraction of sp³-hybridized carbons (Fsp3) is 0.444. The maximum Gasteiger partial charge on any atom is 0.267 e. The Hall–Kier alpha value is -2.14. The molecule has 0 unspecified atom stereocenters. The highest BCUT2D eigenvalue weighted by Crippen LogP contribution is 2.57. The van der Waals surface area contributed by atoms with E-state index in [2.05, 4.69) is 5.32 Å². The molecule has 2 aliphatic rings. The number of rotatable bonds is 4. The zero-order chi connectivity index (χ0) is 16.3. The Morgan fingerprint density at radius 2 is 1.83 bits per heavy atom. The van der Waals surface area contributed by atoms with Crippen LogP contribution in [0.25, 0.3) is 6.08 Å². The number of carbonyl (C=O) groups excluding carboxylic acids is 2. The molecule has 2 saturated carbocycles. The Bertz CT molecular complexity index is 625. The molecule has 3 rings (SSSR count). The van der Waals surface area contributed by atoms with Crippen molar-refractivity contribution >= 4 is 23.6 Å². The molecule has 0 heterocycles. The molecule has 0 radical (unpaired) electrons. The average Bonchev–Trinajstić information content (AvgIpc) is 3.33. The van der Waals surface area contributed by atoms with E-state index in [0.29, 0.717) is 11.1 Å². The van der Waals surface area contributed by atoms with E-state index in [1.807, 2.05) is 24.3 Å². The van der Waals surface area contributed by atoms with Crippen molar-refractivity contribution in [1.29, 1.82) is 0 Å². The summed E-state index contributed by atoms with van der Waals surface area (Å²) in [5.74, 6) is -0.458. The Kier molecular flexibility index (Phi) is 4.48. The monoisotopic (exact) mass is 314 g/mol. The van der Waals surface area contributed by atoms with Crippen molar-refractivity contribution in [2.24, 2.45) is 11.3 Å². The molecule has 5 heteroatoms. The van der Waals surface area contributed by atoms with Gasteiger partial charge in [-0.1, -0.05) is 18.2 Å². The van der Waals surface area contributed by atoms with Gasteiger partial charge in [0.1, 0.15) is 0 Å². The molecule has 0 atom stereocenters. The largest absolute Gasteiger partial charge is 0.325 e. The molecule has 5 nitrogen and oxygen atoms in total. The van der Waals surface area contributed by atoms with Crippen molar-refractivity contribution in [2.75, 3.05) is 5.32 Å². The van der Waals surface area contributed by atoms with Crippen molar-refractivity contribution in [2.45, 2.75) is 38.5 Å². The second-order valence-electron chi connectivity index (χ2n) is 6.66. The number of para-hydroxylation sites is 1. The molecule has 2 fully saturated rings. The van der Waals surface area contributed by atoms with Gasteiger partial charge >= 0.3 is 0 Å². The molecular formula is C18H22N2O3. The van der Waals surface area contributed by atoms with E-state index >= 15 is 0 Å². The first kappa shape index (κ1) is 15.7. The lowest BCUT2D eigenvalue weighted by Crippen LogP contribution is -2.27. The minimum absolute atomic E-state index is 0.0629. The SMILES string of the molecule is O=C(C=Cc1ccccc1NC(=O)C1CCC2(CC1)CC2)NO. The van der Waals surface area contributed by atoms with Crippen LogP contribution in [0.4, 0.5) is 5.69 Å². The van der Waals surface area contributed by atoms with Crippen molar-refractivity contribution in [3.63, 3.8) is 0 Å². The minimum atomic E-state index is -0.604. The van der Waals surface area contributed by atoms with E-state index in [-0.39, 0.29) is 11.8 Å². The number of carbonyl (C=O) groups is 2. The van der Waals surface area contributed by atoms with Crippen molar-refractivity contribution in [3.8, 4) is 0 Å². The van der Waals surface area contributed by atoms with Crippen molar-refractivity contribution in [3.05, 3.63) is 35.9 Å². The fourth-order valence-corrected chi connectivity index (χ4v) is 3.36. The van der Waals surface area contributed by atoms with Gasteiger partial charge in [-0.2, -0.15) is 0 Å². The van der Waals surface area contributed by atoms with Gasteiger partial charge in [0.25, 0.3) is 5.91 Å². The molecule has 2 amide bonds. The average molecular weight is 314 g/mol. The summed E-state index contributed by atoms with van der Waals surface area (Å²) in [5, 5.41) is 11.5. The van der Waals surface area contributed by atoms with Crippen LogP contribution in [-0.2, 0) is 9.59 Å². The van der Waals surface area contributed by atoms with E-state index in [9.17, 15) is 9.59 Å². The number of amides is 2. The zero-order valence-corrected chi connectivity index (χ0v) is 13.0. The molecule has 0 aliphatic heterocycles. The molecule has 23 heavy (non-hydrogen) atoms. The van der Waals surface area contributed by atoms with Crippen molar-refractivity contribution < 1.29 is 14.8 Å². The summed E-state index contributed by atoms with van der Waals surface area (Å²) >= 11 is 0. The van der Waals surface area contributed by atoms with Gasteiger partial charge in [-0.15, -0.1) is 0 Å². The molecule has 0 aromatic heterocycles. The number of benzene rings is 1. The quantitative estimate of drug-likeness (QED) is 0.454. The molecule has 1 aromatic rings. The normalized spacial score (nSPS) is 19.7. The van der Waals surface area contributed by atoms with Gasteiger partial charge in [-0.05, 0) is 61.6 Å². The van der Waals surface area contributed by atoms with E-state index in [4.69, 9.17) is 5.21 Å². The van der Waals surface area contributed by atoms with Crippen molar-refractivity contribution in [1.82, 2.24) is 5.48 Å². The van der Waals surface area contributed by atoms with E-state index in [1.165, 1.54) is 31.8 Å². The Morgan fingerprint density at radius 3 is 2.48 bits per heavy atom. The fourth-order valence-electron chi connectivity index (χ4n) is 3.36. The third-order valence-electron chi connectivity index (χ3n) is 5.12. The summed E-state index contributed by atoms with van der Waals surface area (Å²) in [7, 11) is 0. The van der Waals surface area contributed by atoms with E-state index in [1.54, 1.807) is 11.6 Å². The van der Waals surface area contributed by atoms with Crippen LogP contribution in [0.15, 0.2) is 30.3 Å². The Balaban J connectivity index is 1.64. The van der Waals surface area contributed by atoms with Crippen LogP contribution in [0, 0.1) is 11.3 Å². The molecular weight excluding hydrogens is 292 g/mol. The van der Waals surface area contributed by atoms with Gasteiger partial charge < -0.3 is 5.32 Å². The molecule has 3 N–H and O–H groups in total. The Labute approximate surface area is 135 Å².